The minimum absolute atomic E-state index is 0.0504. The van der Waals surface area contributed by atoms with Crippen molar-refractivity contribution in [2.24, 2.45) is 28.9 Å². The summed E-state index contributed by atoms with van der Waals surface area (Å²) in [5.74, 6) is 1.26. The fourth-order valence-electron chi connectivity index (χ4n) is 6.66. The summed E-state index contributed by atoms with van der Waals surface area (Å²) in [6.07, 6.45) is 5.10. The minimum atomic E-state index is -0.573. The zero-order valence-electron chi connectivity index (χ0n) is 14.4. The molecule has 5 atom stereocenters. The number of alkyl halides is 1. The molecule has 4 nitrogen and oxygen atoms in total. The first-order chi connectivity index (χ1) is 12.4. The maximum absolute atomic E-state index is 12.9. The van der Waals surface area contributed by atoms with Crippen LogP contribution in [0.4, 0.5) is 0 Å². The molecule has 2 N–H and O–H groups in total. The summed E-state index contributed by atoms with van der Waals surface area (Å²) in [5.41, 5.74) is 6.42. The monoisotopic (exact) mass is 436 g/mol. The zero-order valence-corrected chi connectivity index (χ0v) is 16.7. The van der Waals surface area contributed by atoms with E-state index in [4.69, 9.17) is 17.3 Å². The quantitative estimate of drug-likeness (QED) is 0.580. The van der Waals surface area contributed by atoms with Crippen molar-refractivity contribution in [3.05, 3.63) is 34.3 Å². The van der Waals surface area contributed by atoms with Crippen LogP contribution in [-0.2, 0) is 9.59 Å². The van der Waals surface area contributed by atoms with Crippen LogP contribution >= 0.6 is 27.5 Å². The van der Waals surface area contributed by atoms with Crippen LogP contribution in [-0.4, -0.2) is 28.1 Å². The van der Waals surface area contributed by atoms with E-state index in [1.807, 2.05) is 29.2 Å². The van der Waals surface area contributed by atoms with Crippen LogP contribution in [0.3, 0.4) is 0 Å². The van der Waals surface area contributed by atoms with Crippen molar-refractivity contribution in [3.8, 4) is 0 Å². The Morgan fingerprint density at radius 1 is 1.19 bits per heavy atom. The Labute approximate surface area is 166 Å². The molecule has 1 saturated heterocycles. The third kappa shape index (κ3) is 2.13. The molecule has 0 aromatic heterocycles. The molecule has 138 valence electrons. The molecule has 26 heavy (non-hydrogen) atoms. The maximum Gasteiger partial charge on any atom is 0.243 e. The standard InChI is InChI=1S/C20H22BrClN2O2/c21-14-4-2-1-3-13(14)16-15(22)18(25)24(16)17-12-6-10-5-11(7-12)9-20(17,8-10)19(23)26/h1-4,10-12,15-17H,5-9H2,(H2,23,26). The number of carbonyl (C=O) groups is 2. The number of nitrogens with two attached hydrogens (primary N) is 1. The van der Waals surface area contributed by atoms with E-state index in [1.165, 1.54) is 6.42 Å². The highest BCUT2D eigenvalue weighted by Gasteiger charge is 2.66. The molecular weight excluding hydrogens is 416 g/mol. The highest BCUT2D eigenvalue weighted by atomic mass is 79.9. The molecule has 4 bridgehead atoms. The number of carbonyl (C=O) groups excluding carboxylic acids is 2. The summed E-state index contributed by atoms with van der Waals surface area (Å²) in [6, 6.07) is 7.60. The van der Waals surface area contributed by atoms with Gasteiger partial charge in [-0.3, -0.25) is 9.59 Å². The number of hydrogen-bond donors (Lipinski definition) is 1. The van der Waals surface area contributed by atoms with Crippen LogP contribution < -0.4 is 5.73 Å². The molecule has 1 aromatic rings. The van der Waals surface area contributed by atoms with E-state index in [9.17, 15) is 9.59 Å². The van der Waals surface area contributed by atoms with Gasteiger partial charge in [-0.15, -0.1) is 11.6 Å². The zero-order chi connectivity index (χ0) is 18.2. The van der Waals surface area contributed by atoms with Gasteiger partial charge in [-0.2, -0.15) is 0 Å². The van der Waals surface area contributed by atoms with Crippen molar-refractivity contribution >= 4 is 39.3 Å². The summed E-state index contributed by atoms with van der Waals surface area (Å²) in [4.78, 5) is 27.4. The first-order valence-corrected chi connectivity index (χ1v) is 10.7. The Kier molecular flexibility index (Phi) is 3.75. The van der Waals surface area contributed by atoms with Gasteiger partial charge in [0.1, 0.15) is 5.38 Å². The molecule has 1 aliphatic heterocycles. The third-order valence-corrected chi connectivity index (χ3v) is 8.49. The highest BCUT2D eigenvalue weighted by molar-refractivity contribution is 9.10. The average molecular weight is 438 g/mol. The highest BCUT2D eigenvalue weighted by Crippen LogP contribution is 2.63. The molecule has 2 amide bonds. The lowest BCUT2D eigenvalue weighted by Gasteiger charge is -2.65. The molecule has 4 aliphatic carbocycles. The Bertz CT molecular complexity index is 786. The average Bonchev–Trinajstić information content (AvgIpc) is 2.60. The van der Waals surface area contributed by atoms with Crippen molar-refractivity contribution in [2.75, 3.05) is 0 Å². The Balaban J connectivity index is 1.58. The summed E-state index contributed by atoms with van der Waals surface area (Å²) in [7, 11) is 0. The summed E-state index contributed by atoms with van der Waals surface area (Å²) in [6.45, 7) is 0. The summed E-state index contributed by atoms with van der Waals surface area (Å²) < 4.78 is 0.949. The molecule has 5 unspecified atom stereocenters. The van der Waals surface area contributed by atoms with E-state index in [0.717, 1.165) is 35.7 Å². The number of amides is 2. The van der Waals surface area contributed by atoms with Crippen LogP contribution in [0.5, 0.6) is 0 Å². The van der Waals surface area contributed by atoms with Crippen LogP contribution in [0.2, 0.25) is 0 Å². The number of rotatable bonds is 3. The number of primary amides is 1. The second-order valence-electron chi connectivity index (χ2n) is 8.69. The van der Waals surface area contributed by atoms with Crippen molar-refractivity contribution in [3.63, 3.8) is 0 Å². The van der Waals surface area contributed by atoms with Gasteiger partial charge >= 0.3 is 0 Å². The Morgan fingerprint density at radius 3 is 2.46 bits per heavy atom. The predicted molar refractivity (Wildman–Crippen MR) is 102 cm³/mol. The van der Waals surface area contributed by atoms with Crippen LogP contribution in [0.15, 0.2) is 28.7 Å². The van der Waals surface area contributed by atoms with Gasteiger partial charge in [0.05, 0.1) is 11.5 Å². The van der Waals surface area contributed by atoms with Gasteiger partial charge in [0, 0.05) is 10.5 Å². The van der Waals surface area contributed by atoms with Gasteiger partial charge < -0.3 is 10.6 Å². The third-order valence-electron chi connectivity index (χ3n) is 7.34. The van der Waals surface area contributed by atoms with Gasteiger partial charge in [0.15, 0.2) is 0 Å². The van der Waals surface area contributed by atoms with E-state index >= 15 is 0 Å². The van der Waals surface area contributed by atoms with Crippen molar-refractivity contribution in [2.45, 2.75) is 49.6 Å². The lowest BCUT2D eigenvalue weighted by molar-refractivity contribution is -0.185. The lowest BCUT2D eigenvalue weighted by atomic mass is 9.46. The predicted octanol–water partition coefficient (Wildman–Crippen LogP) is 3.62. The van der Waals surface area contributed by atoms with E-state index < -0.39 is 10.8 Å². The van der Waals surface area contributed by atoms with Crippen molar-refractivity contribution < 1.29 is 9.59 Å². The number of halogens is 2. The Morgan fingerprint density at radius 2 is 1.85 bits per heavy atom. The van der Waals surface area contributed by atoms with Gasteiger partial charge in [0.25, 0.3) is 0 Å². The second-order valence-corrected chi connectivity index (χ2v) is 10.0. The smallest absolute Gasteiger partial charge is 0.243 e. The minimum Gasteiger partial charge on any atom is -0.369 e. The molecule has 5 fully saturated rings. The van der Waals surface area contributed by atoms with E-state index in [2.05, 4.69) is 15.9 Å². The molecule has 0 spiro atoms. The van der Waals surface area contributed by atoms with E-state index in [-0.39, 0.29) is 23.9 Å². The fraction of sp³-hybridized carbons (Fsp3) is 0.600. The molecular formula is C20H22BrClN2O2. The molecule has 4 saturated carbocycles. The second kappa shape index (κ2) is 5.71. The number of benzene rings is 1. The molecule has 1 heterocycles. The van der Waals surface area contributed by atoms with Gasteiger partial charge in [-0.05, 0) is 61.5 Å². The molecule has 1 aromatic carbocycles. The lowest BCUT2D eigenvalue weighted by Crippen LogP contribution is -2.72. The largest absolute Gasteiger partial charge is 0.369 e. The molecule has 6 rings (SSSR count). The SMILES string of the molecule is NC(=O)C12CC3CC(CC(C3)C1N1C(=O)C(Cl)C1c1ccccc1Br)C2. The van der Waals surface area contributed by atoms with E-state index in [0.29, 0.717) is 17.8 Å². The number of β-lactam (4-membered cyclic amide) rings is 1. The van der Waals surface area contributed by atoms with Crippen LogP contribution in [0.1, 0.15) is 43.7 Å². The van der Waals surface area contributed by atoms with Crippen LogP contribution in [0, 0.1) is 23.2 Å². The van der Waals surface area contributed by atoms with Crippen molar-refractivity contribution in [1.29, 1.82) is 0 Å². The van der Waals surface area contributed by atoms with Gasteiger partial charge in [-0.1, -0.05) is 34.1 Å². The first kappa shape index (κ1) is 17.1. The fourth-order valence-corrected chi connectivity index (χ4v) is 7.55. The Hall–Kier alpha value is -1.07. The van der Waals surface area contributed by atoms with Gasteiger partial charge in [-0.25, -0.2) is 0 Å². The summed E-state index contributed by atoms with van der Waals surface area (Å²) in [5, 5.41) is -0.573. The summed E-state index contributed by atoms with van der Waals surface area (Å²) >= 11 is 10.1. The van der Waals surface area contributed by atoms with Gasteiger partial charge in [0.2, 0.25) is 11.8 Å². The van der Waals surface area contributed by atoms with Crippen LogP contribution in [0.25, 0.3) is 0 Å². The topological polar surface area (TPSA) is 63.4 Å². The number of hydrogen-bond acceptors (Lipinski definition) is 2. The van der Waals surface area contributed by atoms with Crippen molar-refractivity contribution in [1.82, 2.24) is 4.90 Å². The number of nitrogens with zero attached hydrogens (tertiary/aromatic N) is 1. The molecule has 0 radical (unpaired) electrons. The molecule has 5 aliphatic rings. The molecule has 6 heteroatoms. The maximum atomic E-state index is 12.9. The normalized spacial score (nSPS) is 43.5. The first-order valence-electron chi connectivity index (χ1n) is 9.43. The van der Waals surface area contributed by atoms with E-state index in [1.54, 1.807) is 0 Å². The number of likely N-dealkylation sites (tertiary alicyclic amines) is 1.